The standard InChI is InChI=1S/C24H25NO3/c1-16(17-9-10-19-14-21(28-3)12-11-18(19)13-17)23(27)25-22(15-26)24(25,2)20-7-5-4-6-8-20/h4-14,16,22,26H,15H2,1-3H3/t16-,22+,24-,25?/m0/s1. The molecule has 144 valence electrons. The average Bonchev–Trinajstić information content (AvgIpc) is 3.38. The van der Waals surface area contributed by atoms with E-state index in [1.54, 1.807) is 7.11 Å². The Hall–Kier alpha value is -2.85. The highest BCUT2D eigenvalue weighted by Crippen LogP contribution is 2.50. The highest BCUT2D eigenvalue weighted by molar-refractivity contribution is 5.90. The van der Waals surface area contributed by atoms with Crippen LogP contribution in [-0.4, -0.2) is 35.7 Å². The zero-order chi connectivity index (χ0) is 19.9. The third kappa shape index (κ3) is 2.85. The second-order valence-electron chi connectivity index (χ2n) is 7.61. The fourth-order valence-corrected chi connectivity index (χ4v) is 4.20. The summed E-state index contributed by atoms with van der Waals surface area (Å²) in [6.07, 6.45) is 0. The molecular formula is C24H25NO3. The van der Waals surface area contributed by atoms with E-state index in [0.717, 1.165) is 27.6 Å². The Morgan fingerprint density at radius 2 is 1.79 bits per heavy atom. The van der Waals surface area contributed by atoms with Gasteiger partial charge in [-0.3, -0.25) is 4.79 Å². The number of rotatable bonds is 5. The molecule has 0 aliphatic carbocycles. The number of carbonyl (C=O) groups is 1. The van der Waals surface area contributed by atoms with Gasteiger partial charge >= 0.3 is 0 Å². The van der Waals surface area contributed by atoms with E-state index in [0.29, 0.717) is 0 Å². The molecule has 1 heterocycles. The van der Waals surface area contributed by atoms with Gasteiger partial charge in [0.25, 0.3) is 0 Å². The minimum Gasteiger partial charge on any atom is -0.497 e. The summed E-state index contributed by atoms with van der Waals surface area (Å²) < 4.78 is 5.28. The summed E-state index contributed by atoms with van der Waals surface area (Å²) >= 11 is 0. The van der Waals surface area contributed by atoms with Gasteiger partial charge in [0.15, 0.2) is 0 Å². The van der Waals surface area contributed by atoms with E-state index in [4.69, 9.17) is 4.74 Å². The molecule has 0 spiro atoms. The van der Waals surface area contributed by atoms with Gasteiger partial charge in [-0.15, -0.1) is 0 Å². The van der Waals surface area contributed by atoms with Gasteiger partial charge in [-0.05, 0) is 47.9 Å². The number of ether oxygens (including phenoxy) is 1. The van der Waals surface area contributed by atoms with Gasteiger partial charge in [0.1, 0.15) is 5.75 Å². The number of benzene rings is 3. The van der Waals surface area contributed by atoms with Crippen molar-refractivity contribution < 1.29 is 14.6 Å². The number of aliphatic hydroxyl groups excluding tert-OH is 1. The topological polar surface area (TPSA) is 49.5 Å². The molecule has 1 fully saturated rings. The normalized spacial score (nSPS) is 22.1. The predicted octanol–water partition coefficient (Wildman–Crippen LogP) is 4.07. The second-order valence-corrected chi connectivity index (χ2v) is 7.61. The molecule has 1 N–H and O–H groups in total. The molecule has 1 amide bonds. The highest BCUT2D eigenvalue weighted by Gasteiger charge is 2.62. The minimum absolute atomic E-state index is 0.0401. The maximum Gasteiger partial charge on any atom is 0.231 e. The van der Waals surface area contributed by atoms with Crippen molar-refractivity contribution in [3.05, 3.63) is 77.9 Å². The quantitative estimate of drug-likeness (QED) is 0.684. The number of amides is 1. The van der Waals surface area contributed by atoms with Crippen LogP contribution in [0.25, 0.3) is 10.8 Å². The van der Waals surface area contributed by atoms with Crippen LogP contribution in [0.2, 0.25) is 0 Å². The monoisotopic (exact) mass is 375 g/mol. The summed E-state index contributed by atoms with van der Waals surface area (Å²) in [5, 5.41) is 12.0. The van der Waals surface area contributed by atoms with Crippen molar-refractivity contribution in [1.82, 2.24) is 4.90 Å². The van der Waals surface area contributed by atoms with E-state index in [2.05, 4.69) is 6.07 Å². The van der Waals surface area contributed by atoms with Gasteiger partial charge in [-0.1, -0.05) is 54.6 Å². The smallest absolute Gasteiger partial charge is 0.231 e. The average molecular weight is 375 g/mol. The van der Waals surface area contributed by atoms with Gasteiger partial charge < -0.3 is 14.7 Å². The largest absolute Gasteiger partial charge is 0.497 e. The van der Waals surface area contributed by atoms with Crippen molar-refractivity contribution >= 4 is 16.7 Å². The number of fused-ring (bicyclic) bond motifs is 1. The lowest BCUT2D eigenvalue weighted by atomic mass is 9.95. The molecule has 1 aliphatic rings. The molecule has 4 nitrogen and oxygen atoms in total. The van der Waals surface area contributed by atoms with Crippen LogP contribution in [0.1, 0.15) is 30.9 Å². The third-order valence-corrected chi connectivity index (χ3v) is 6.10. The van der Waals surface area contributed by atoms with Crippen LogP contribution in [-0.2, 0) is 10.3 Å². The van der Waals surface area contributed by atoms with Crippen molar-refractivity contribution in [3.63, 3.8) is 0 Å². The maximum atomic E-state index is 13.3. The first kappa shape index (κ1) is 18.5. The molecule has 3 aromatic rings. The molecule has 28 heavy (non-hydrogen) atoms. The number of carbonyl (C=O) groups excluding carboxylic acids is 1. The lowest BCUT2D eigenvalue weighted by Gasteiger charge is -2.17. The fraction of sp³-hybridized carbons (Fsp3) is 0.292. The first-order chi connectivity index (χ1) is 13.5. The zero-order valence-corrected chi connectivity index (χ0v) is 16.4. The van der Waals surface area contributed by atoms with Crippen LogP contribution in [0.15, 0.2) is 66.7 Å². The van der Waals surface area contributed by atoms with Crippen LogP contribution in [0, 0.1) is 0 Å². The van der Waals surface area contributed by atoms with Gasteiger partial charge in [0, 0.05) is 0 Å². The number of nitrogens with zero attached hydrogens (tertiary/aromatic N) is 1. The minimum atomic E-state index is -0.453. The summed E-state index contributed by atoms with van der Waals surface area (Å²) in [7, 11) is 1.65. The molecule has 3 aromatic carbocycles. The molecule has 0 unspecified atom stereocenters. The second kappa shape index (κ2) is 6.95. The molecule has 0 bridgehead atoms. The van der Waals surface area contributed by atoms with Crippen LogP contribution >= 0.6 is 0 Å². The Morgan fingerprint density at radius 3 is 2.46 bits per heavy atom. The fourth-order valence-electron chi connectivity index (χ4n) is 4.20. The molecule has 4 rings (SSSR count). The van der Waals surface area contributed by atoms with Crippen LogP contribution in [0.4, 0.5) is 0 Å². The first-order valence-corrected chi connectivity index (χ1v) is 9.58. The van der Waals surface area contributed by atoms with Crippen molar-refractivity contribution in [2.45, 2.75) is 31.3 Å². The Morgan fingerprint density at radius 1 is 1.11 bits per heavy atom. The Labute approximate surface area is 165 Å². The van der Waals surface area contributed by atoms with Gasteiger partial charge in [-0.25, -0.2) is 0 Å². The lowest BCUT2D eigenvalue weighted by molar-refractivity contribution is -0.128. The summed E-state index contributed by atoms with van der Waals surface area (Å²) in [4.78, 5) is 15.1. The molecule has 1 aliphatic heterocycles. The lowest BCUT2D eigenvalue weighted by Crippen LogP contribution is -2.24. The third-order valence-electron chi connectivity index (χ3n) is 6.10. The van der Waals surface area contributed by atoms with E-state index in [-0.39, 0.29) is 24.5 Å². The molecule has 4 heteroatoms. The van der Waals surface area contributed by atoms with Crippen molar-refractivity contribution in [2.75, 3.05) is 13.7 Å². The van der Waals surface area contributed by atoms with Crippen LogP contribution in [0.3, 0.4) is 0 Å². The van der Waals surface area contributed by atoms with E-state index >= 15 is 0 Å². The molecule has 1 saturated heterocycles. The molecular weight excluding hydrogens is 350 g/mol. The van der Waals surface area contributed by atoms with E-state index in [1.165, 1.54) is 0 Å². The molecule has 3 atom stereocenters. The Bertz CT molecular complexity index is 1020. The predicted molar refractivity (Wildman–Crippen MR) is 110 cm³/mol. The van der Waals surface area contributed by atoms with Crippen molar-refractivity contribution in [2.24, 2.45) is 0 Å². The number of aliphatic hydroxyl groups is 1. The molecule has 0 radical (unpaired) electrons. The van der Waals surface area contributed by atoms with Gasteiger partial charge in [0.05, 0.1) is 31.2 Å². The number of hydrogen-bond donors (Lipinski definition) is 1. The van der Waals surface area contributed by atoms with Gasteiger partial charge in [0.2, 0.25) is 5.91 Å². The Balaban J connectivity index is 1.62. The van der Waals surface area contributed by atoms with Crippen molar-refractivity contribution in [3.8, 4) is 5.75 Å². The zero-order valence-electron chi connectivity index (χ0n) is 16.4. The van der Waals surface area contributed by atoms with E-state index < -0.39 is 5.54 Å². The summed E-state index contributed by atoms with van der Waals surface area (Å²) in [5.74, 6) is 0.572. The van der Waals surface area contributed by atoms with E-state index in [9.17, 15) is 9.90 Å². The summed E-state index contributed by atoms with van der Waals surface area (Å²) in [6.45, 7) is 3.92. The summed E-state index contributed by atoms with van der Waals surface area (Å²) in [5.41, 5.74) is 1.58. The van der Waals surface area contributed by atoms with Crippen molar-refractivity contribution in [1.29, 1.82) is 0 Å². The SMILES string of the molecule is COc1ccc2cc([C@H](C)C(=O)N3[C@H](CO)[C@]3(C)c3ccccc3)ccc2c1. The molecule has 0 aromatic heterocycles. The maximum absolute atomic E-state index is 13.3. The summed E-state index contributed by atoms with van der Waals surface area (Å²) in [6, 6.07) is 21.8. The highest BCUT2D eigenvalue weighted by atomic mass is 16.5. The van der Waals surface area contributed by atoms with Crippen LogP contribution in [0.5, 0.6) is 5.75 Å². The number of methoxy groups -OCH3 is 1. The first-order valence-electron chi connectivity index (χ1n) is 9.58. The molecule has 0 saturated carbocycles. The van der Waals surface area contributed by atoms with E-state index in [1.807, 2.05) is 79.4 Å². The number of hydrogen-bond acceptors (Lipinski definition) is 3. The van der Waals surface area contributed by atoms with Gasteiger partial charge in [-0.2, -0.15) is 0 Å². The van der Waals surface area contributed by atoms with Crippen LogP contribution < -0.4 is 4.74 Å². The Kier molecular flexibility index (Phi) is 4.60.